The van der Waals surface area contributed by atoms with Gasteiger partial charge in [0.05, 0.1) is 38.1 Å². The molecule has 3 amide bonds. The Morgan fingerprint density at radius 2 is 1.62 bits per heavy atom. The zero-order valence-electron chi connectivity index (χ0n) is 19.2. The number of nitrogens with two attached hydrogens (primary N) is 1. The van der Waals surface area contributed by atoms with Crippen molar-refractivity contribution in [2.45, 2.75) is 45.4 Å². The van der Waals surface area contributed by atoms with E-state index in [2.05, 4.69) is 10.6 Å². The second-order valence-corrected chi connectivity index (χ2v) is 7.12. The summed E-state index contributed by atoms with van der Waals surface area (Å²) in [7, 11) is 0. The van der Waals surface area contributed by atoms with Crippen molar-refractivity contribution in [3.8, 4) is 0 Å². The van der Waals surface area contributed by atoms with E-state index < -0.39 is 60.8 Å². The molecular formula is C22H31N3O9. The van der Waals surface area contributed by atoms with Gasteiger partial charge in [0.15, 0.2) is 0 Å². The highest BCUT2D eigenvalue weighted by Gasteiger charge is 2.37. The summed E-state index contributed by atoms with van der Waals surface area (Å²) in [5.41, 5.74) is 6.10. The molecule has 1 rings (SSSR count). The topological polar surface area (TPSA) is 183 Å². The molecule has 0 aliphatic carbocycles. The van der Waals surface area contributed by atoms with Gasteiger partial charge in [0.25, 0.3) is 0 Å². The predicted molar refractivity (Wildman–Crippen MR) is 118 cm³/mol. The van der Waals surface area contributed by atoms with E-state index in [1.165, 1.54) is 6.92 Å². The highest BCUT2D eigenvalue weighted by atomic mass is 16.6. The Bertz CT molecular complexity index is 832. The Hall–Kier alpha value is -3.67. The minimum atomic E-state index is -1.58. The zero-order valence-corrected chi connectivity index (χ0v) is 19.2. The molecule has 0 unspecified atom stereocenters. The molecule has 0 saturated carbocycles. The summed E-state index contributed by atoms with van der Waals surface area (Å²) in [4.78, 5) is 60.1. The number of hydrogen-bond acceptors (Lipinski definition) is 9. The fourth-order valence-electron chi connectivity index (χ4n) is 2.85. The van der Waals surface area contributed by atoms with Gasteiger partial charge >= 0.3 is 18.0 Å². The first-order valence-electron chi connectivity index (χ1n) is 10.7. The lowest BCUT2D eigenvalue weighted by Gasteiger charge is -2.24. The van der Waals surface area contributed by atoms with E-state index in [1.54, 1.807) is 31.2 Å². The summed E-state index contributed by atoms with van der Waals surface area (Å²) in [6.45, 7) is 2.84. The largest absolute Gasteiger partial charge is 0.466 e. The number of aliphatic hydroxyl groups excluding tert-OH is 1. The number of hydrogen-bond donors (Lipinski definition) is 4. The Labute approximate surface area is 197 Å². The maximum absolute atomic E-state index is 12.3. The molecule has 0 aliphatic heterocycles. The summed E-state index contributed by atoms with van der Waals surface area (Å²) in [5, 5.41) is 14.6. The molecule has 3 atom stereocenters. The lowest BCUT2D eigenvalue weighted by Crippen LogP contribution is -2.53. The first-order valence-corrected chi connectivity index (χ1v) is 10.7. The van der Waals surface area contributed by atoms with Crippen LogP contribution in [-0.2, 0) is 40.0 Å². The van der Waals surface area contributed by atoms with Crippen molar-refractivity contribution >= 4 is 29.8 Å². The number of rotatable bonds is 14. The van der Waals surface area contributed by atoms with Crippen LogP contribution in [0.3, 0.4) is 0 Å². The summed E-state index contributed by atoms with van der Waals surface area (Å²) in [5.74, 6) is -5.02. The van der Waals surface area contributed by atoms with Crippen LogP contribution in [0.1, 0.15) is 32.3 Å². The van der Waals surface area contributed by atoms with Crippen molar-refractivity contribution in [1.82, 2.24) is 10.6 Å². The van der Waals surface area contributed by atoms with Crippen LogP contribution in [0.15, 0.2) is 30.3 Å². The number of primary amides is 1. The second-order valence-electron chi connectivity index (χ2n) is 7.12. The van der Waals surface area contributed by atoms with Gasteiger partial charge < -0.3 is 35.7 Å². The predicted octanol–water partition coefficient (Wildman–Crippen LogP) is -0.234. The molecule has 1 aromatic carbocycles. The number of ether oxygens (including phenoxy) is 3. The molecule has 0 saturated heterocycles. The summed E-state index contributed by atoms with van der Waals surface area (Å²) < 4.78 is 14.7. The van der Waals surface area contributed by atoms with E-state index in [4.69, 9.17) is 19.9 Å². The van der Waals surface area contributed by atoms with Crippen molar-refractivity contribution in [3.05, 3.63) is 35.9 Å². The van der Waals surface area contributed by atoms with E-state index in [9.17, 15) is 29.1 Å². The number of esters is 2. The SMILES string of the molecule is CCOC(=O)C[C@@H](C(=O)OCC)[C@@H](NC(=O)C[C@H](O)CNC(=O)OCc1ccccc1)C(N)=O. The van der Waals surface area contributed by atoms with Gasteiger partial charge in [-0.15, -0.1) is 0 Å². The zero-order chi connectivity index (χ0) is 25.5. The monoisotopic (exact) mass is 481 g/mol. The Morgan fingerprint density at radius 3 is 2.21 bits per heavy atom. The first kappa shape index (κ1) is 28.4. The number of carbonyl (C=O) groups is 5. The van der Waals surface area contributed by atoms with Gasteiger partial charge in [0, 0.05) is 6.54 Å². The van der Waals surface area contributed by atoms with E-state index in [0.717, 1.165) is 5.56 Å². The maximum atomic E-state index is 12.3. The van der Waals surface area contributed by atoms with E-state index in [-0.39, 0.29) is 26.4 Å². The van der Waals surface area contributed by atoms with Gasteiger partial charge in [0.2, 0.25) is 11.8 Å². The van der Waals surface area contributed by atoms with Crippen LogP contribution in [0, 0.1) is 5.92 Å². The average Bonchev–Trinajstić information content (AvgIpc) is 2.79. The summed E-state index contributed by atoms with van der Waals surface area (Å²) in [6.07, 6.45) is -3.20. The van der Waals surface area contributed by atoms with E-state index in [1.807, 2.05) is 6.07 Å². The van der Waals surface area contributed by atoms with Crippen LogP contribution in [0.4, 0.5) is 4.79 Å². The fourth-order valence-corrected chi connectivity index (χ4v) is 2.85. The smallest absolute Gasteiger partial charge is 0.407 e. The summed E-state index contributed by atoms with van der Waals surface area (Å²) >= 11 is 0. The number of carbonyl (C=O) groups excluding carboxylic acids is 5. The minimum absolute atomic E-state index is 0.0255. The Morgan fingerprint density at radius 1 is 0.971 bits per heavy atom. The number of nitrogens with one attached hydrogen (secondary N) is 2. The molecule has 5 N–H and O–H groups in total. The third kappa shape index (κ3) is 10.8. The van der Waals surface area contributed by atoms with Crippen LogP contribution in [-0.4, -0.2) is 66.9 Å². The molecule has 0 aromatic heterocycles. The molecule has 0 bridgehead atoms. The van der Waals surface area contributed by atoms with Crippen molar-refractivity contribution in [2.24, 2.45) is 11.7 Å². The molecule has 0 radical (unpaired) electrons. The molecule has 188 valence electrons. The van der Waals surface area contributed by atoms with Gasteiger partial charge in [-0.2, -0.15) is 0 Å². The third-order valence-electron chi connectivity index (χ3n) is 4.42. The van der Waals surface area contributed by atoms with Crippen LogP contribution in [0.25, 0.3) is 0 Å². The molecule has 0 aliphatic rings. The lowest BCUT2D eigenvalue weighted by molar-refractivity contribution is -0.157. The Kier molecular flexibility index (Phi) is 12.7. The molecule has 0 heterocycles. The lowest BCUT2D eigenvalue weighted by atomic mass is 9.95. The normalized spacial score (nSPS) is 13.0. The van der Waals surface area contributed by atoms with Gasteiger partial charge in [-0.1, -0.05) is 30.3 Å². The van der Waals surface area contributed by atoms with E-state index >= 15 is 0 Å². The fraction of sp³-hybridized carbons (Fsp3) is 0.500. The van der Waals surface area contributed by atoms with Gasteiger partial charge in [-0.05, 0) is 19.4 Å². The van der Waals surface area contributed by atoms with Crippen molar-refractivity contribution in [3.63, 3.8) is 0 Å². The quantitative estimate of drug-likeness (QED) is 0.206. The van der Waals surface area contributed by atoms with Gasteiger partial charge in [-0.25, -0.2) is 4.79 Å². The van der Waals surface area contributed by atoms with Crippen molar-refractivity contribution < 1.29 is 43.3 Å². The first-order chi connectivity index (χ1) is 16.2. The van der Waals surface area contributed by atoms with Gasteiger partial charge in [-0.3, -0.25) is 19.2 Å². The molecule has 12 nitrogen and oxygen atoms in total. The van der Waals surface area contributed by atoms with Crippen molar-refractivity contribution in [2.75, 3.05) is 19.8 Å². The summed E-state index contributed by atoms with van der Waals surface area (Å²) in [6, 6.07) is 7.36. The highest BCUT2D eigenvalue weighted by molar-refractivity contribution is 5.93. The van der Waals surface area contributed by atoms with Crippen LogP contribution in [0.5, 0.6) is 0 Å². The molecule has 1 aromatic rings. The number of aliphatic hydroxyl groups is 1. The molecular weight excluding hydrogens is 450 g/mol. The second kappa shape index (κ2) is 15.2. The van der Waals surface area contributed by atoms with E-state index in [0.29, 0.717) is 0 Å². The number of benzene rings is 1. The average molecular weight is 482 g/mol. The maximum Gasteiger partial charge on any atom is 0.407 e. The molecule has 0 spiro atoms. The number of amides is 3. The van der Waals surface area contributed by atoms with Crippen LogP contribution >= 0.6 is 0 Å². The van der Waals surface area contributed by atoms with Crippen LogP contribution in [0.2, 0.25) is 0 Å². The van der Waals surface area contributed by atoms with Crippen LogP contribution < -0.4 is 16.4 Å². The molecule has 34 heavy (non-hydrogen) atoms. The van der Waals surface area contributed by atoms with Gasteiger partial charge in [0.1, 0.15) is 12.6 Å². The standard InChI is InChI=1S/C22H31N3O9/c1-3-32-18(28)11-16(21(30)33-4-2)19(20(23)29)25-17(27)10-15(26)12-24-22(31)34-13-14-8-6-5-7-9-14/h5-9,15-16,19,26H,3-4,10-13H2,1-2H3,(H2,23,29)(H,24,31)(H,25,27)/t15-,16+,19+/m0/s1. The highest BCUT2D eigenvalue weighted by Crippen LogP contribution is 2.14. The molecule has 0 fully saturated rings. The molecule has 12 heteroatoms. The number of alkyl carbamates (subject to hydrolysis) is 1. The van der Waals surface area contributed by atoms with Crippen molar-refractivity contribution in [1.29, 1.82) is 0 Å². The third-order valence-corrected chi connectivity index (χ3v) is 4.42. The minimum Gasteiger partial charge on any atom is -0.466 e. The Balaban J connectivity index is 2.62.